The third-order valence-corrected chi connectivity index (χ3v) is 5.22. The summed E-state index contributed by atoms with van der Waals surface area (Å²) in [7, 11) is 0. The predicted molar refractivity (Wildman–Crippen MR) is 111 cm³/mol. The van der Waals surface area contributed by atoms with Crippen molar-refractivity contribution in [2.45, 2.75) is 110 Å². The highest BCUT2D eigenvalue weighted by Gasteiger charge is 2.18. The molecule has 0 amide bonds. The molecule has 0 aromatic heterocycles. The molecule has 1 aromatic carbocycles. The molecule has 0 fully saturated rings. The summed E-state index contributed by atoms with van der Waals surface area (Å²) in [4.78, 5) is 22.0. The molecule has 0 saturated heterocycles. The zero-order valence-corrected chi connectivity index (χ0v) is 16.8. The number of aromatic hydroxyl groups is 1. The van der Waals surface area contributed by atoms with Gasteiger partial charge in [0, 0.05) is 6.54 Å². The van der Waals surface area contributed by atoms with Gasteiger partial charge in [-0.05, 0) is 6.42 Å². The van der Waals surface area contributed by atoms with Gasteiger partial charge in [-0.15, -0.1) is 0 Å². The van der Waals surface area contributed by atoms with Gasteiger partial charge in [0.05, 0.1) is 0 Å². The summed E-state index contributed by atoms with van der Waals surface area (Å²) in [5.41, 5.74) is -1.24. The fourth-order valence-electron chi connectivity index (χ4n) is 3.43. The lowest BCUT2D eigenvalue weighted by Gasteiger charge is -2.08. The van der Waals surface area contributed by atoms with Crippen LogP contribution in [0.3, 0.4) is 0 Å². The maximum atomic E-state index is 11.1. The number of anilines is 1. The molecule has 0 aliphatic heterocycles. The molecule has 0 spiro atoms. The van der Waals surface area contributed by atoms with E-state index in [1.54, 1.807) is 0 Å². The Morgan fingerprint density at radius 2 is 1.00 bits per heavy atom. The molecular weight excluding hydrogens is 326 g/mol. The van der Waals surface area contributed by atoms with Gasteiger partial charge in [-0.3, -0.25) is 9.59 Å². The first-order valence-electron chi connectivity index (χ1n) is 10.9. The summed E-state index contributed by atoms with van der Waals surface area (Å²) in [6, 6.07) is 0. The minimum atomic E-state index is -0.764. The lowest BCUT2D eigenvalue weighted by molar-refractivity contribution is 0.465. The van der Waals surface area contributed by atoms with Crippen LogP contribution in [0.25, 0.3) is 0 Å². The highest BCUT2D eigenvalue weighted by atomic mass is 16.3. The molecule has 0 heterocycles. The monoisotopic (exact) mass is 365 g/mol. The van der Waals surface area contributed by atoms with Crippen LogP contribution < -0.4 is 16.2 Å². The zero-order valence-electron chi connectivity index (χ0n) is 16.8. The molecule has 1 rings (SSSR count). The van der Waals surface area contributed by atoms with E-state index in [9.17, 15) is 14.7 Å². The lowest BCUT2D eigenvalue weighted by atomic mass is 10.0. The number of hydrogen-bond acceptors (Lipinski definition) is 4. The van der Waals surface area contributed by atoms with Crippen LogP contribution in [0, 0.1) is 0 Å². The van der Waals surface area contributed by atoms with Gasteiger partial charge in [0.25, 0.3) is 10.9 Å². The summed E-state index contributed by atoms with van der Waals surface area (Å²) in [5, 5.41) is 12.1. The Labute approximate surface area is 159 Å². The molecule has 0 radical (unpaired) electrons. The lowest BCUT2D eigenvalue weighted by Crippen LogP contribution is -2.33. The van der Waals surface area contributed by atoms with Crippen LogP contribution >= 0.6 is 0 Å². The second kappa shape index (κ2) is 14.8. The maximum Gasteiger partial charge on any atom is 0.271 e. The highest BCUT2D eigenvalue weighted by Crippen LogP contribution is 2.15. The van der Waals surface area contributed by atoms with Gasteiger partial charge >= 0.3 is 0 Å². The Bertz CT molecular complexity index is 532. The van der Waals surface area contributed by atoms with Crippen LogP contribution in [-0.2, 0) is 0 Å². The minimum Gasteiger partial charge on any atom is -0.502 e. The van der Waals surface area contributed by atoms with Gasteiger partial charge in [0.2, 0.25) is 0 Å². The Balaban J connectivity index is 1.75. The molecular formula is C22H39NO3. The van der Waals surface area contributed by atoms with Gasteiger partial charge in [-0.1, -0.05) is 103 Å². The minimum absolute atomic E-state index is 0.107. The van der Waals surface area contributed by atoms with Crippen molar-refractivity contribution in [2.24, 2.45) is 0 Å². The molecule has 0 atom stereocenters. The van der Waals surface area contributed by atoms with Crippen molar-refractivity contribution in [1.29, 1.82) is 0 Å². The van der Waals surface area contributed by atoms with Crippen molar-refractivity contribution in [3.8, 4) is 5.75 Å². The molecule has 0 aliphatic rings. The van der Waals surface area contributed by atoms with Crippen LogP contribution in [0.4, 0.5) is 5.69 Å². The summed E-state index contributed by atoms with van der Waals surface area (Å²) in [5.74, 6) is -0.397. The number of unbranched alkanes of at least 4 members (excludes halogenated alkanes) is 15. The van der Waals surface area contributed by atoms with Gasteiger partial charge in [-0.25, -0.2) is 0 Å². The molecule has 4 nitrogen and oxygen atoms in total. The largest absolute Gasteiger partial charge is 0.502 e. The third kappa shape index (κ3) is 9.40. The Kier molecular flexibility index (Phi) is 12.9. The molecule has 26 heavy (non-hydrogen) atoms. The van der Waals surface area contributed by atoms with E-state index >= 15 is 0 Å². The second-order valence-corrected chi connectivity index (χ2v) is 7.61. The predicted octanol–water partition coefficient (Wildman–Crippen LogP) is 5.66. The highest BCUT2D eigenvalue weighted by molar-refractivity contribution is 5.60. The number of rotatable bonds is 18. The molecule has 0 bridgehead atoms. The van der Waals surface area contributed by atoms with Gasteiger partial charge in [0.15, 0.2) is 5.75 Å². The summed E-state index contributed by atoms with van der Waals surface area (Å²) >= 11 is 0. The summed E-state index contributed by atoms with van der Waals surface area (Å²) in [6.45, 7) is 2.92. The van der Waals surface area contributed by atoms with E-state index in [-0.39, 0.29) is 5.69 Å². The first-order valence-corrected chi connectivity index (χ1v) is 10.9. The second-order valence-electron chi connectivity index (χ2n) is 7.61. The standard InChI is InChI=1S/C22H39NO3/c1-2-3-4-5-6-7-8-9-10-11-12-13-14-15-16-17-18-23-19-20(24)22(26)21(19)25/h23-24H,2-18H2,1H3. The van der Waals surface area contributed by atoms with Crippen LogP contribution in [0.5, 0.6) is 5.75 Å². The van der Waals surface area contributed by atoms with Crippen molar-refractivity contribution >= 4 is 5.69 Å². The van der Waals surface area contributed by atoms with E-state index in [4.69, 9.17) is 0 Å². The van der Waals surface area contributed by atoms with Gasteiger partial charge in [0.1, 0.15) is 5.69 Å². The number of nitrogens with one attached hydrogen (secondary N) is 1. The Morgan fingerprint density at radius 3 is 1.38 bits per heavy atom. The van der Waals surface area contributed by atoms with E-state index < -0.39 is 16.6 Å². The van der Waals surface area contributed by atoms with Gasteiger partial charge < -0.3 is 10.4 Å². The molecule has 0 unspecified atom stereocenters. The Morgan fingerprint density at radius 1 is 0.615 bits per heavy atom. The topological polar surface area (TPSA) is 66.4 Å². The fourth-order valence-corrected chi connectivity index (χ4v) is 3.43. The Hall–Kier alpha value is -1.32. The van der Waals surface area contributed by atoms with Crippen molar-refractivity contribution in [3.05, 3.63) is 20.4 Å². The summed E-state index contributed by atoms with van der Waals surface area (Å²) in [6.07, 6.45) is 21.3. The van der Waals surface area contributed by atoms with Crippen molar-refractivity contribution < 1.29 is 5.11 Å². The molecule has 150 valence electrons. The van der Waals surface area contributed by atoms with E-state index in [0.717, 1.165) is 12.8 Å². The molecule has 1 aromatic rings. The van der Waals surface area contributed by atoms with Crippen LogP contribution in [0.1, 0.15) is 110 Å². The van der Waals surface area contributed by atoms with E-state index in [2.05, 4.69) is 12.2 Å². The average molecular weight is 366 g/mol. The molecule has 0 aliphatic carbocycles. The smallest absolute Gasteiger partial charge is 0.271 e. The van der Waals surface area contributed by atoms with Gasteiger partial charge in [-0.2, -0.15) is 0 Å². The van der Waals surface area contributed by atoms with E-state index in [0.29, 0.717) is 6.54 Å². The van der Waals surface area contributed by atoms with E-state index in [1.807, 2.05) is 0 Å². The first kappa shape index (κ1) is 22.7. The van der Waals surface area contributed by atoms with Crippen LogP contribution in [-0.4, -0.2) is 11.7 Å². The van der Waals surface area contributed by atoms with Crippen LogP contribution in [0.15, 0.2) is 9.59 Å². The normalized spacial score (nSPS) is 11.3. The average Bonchev–Trinajstić information content (AvgIpc) is 2.66. The third-order valence-electron chi connectivity index (χ3n) is 5.22. The van der Waals surface area contributed by atoms with Crippen LogP contribution in [0.2, 0.25) is 0 Å². The zero-order chi connectivity index (χ0) is 19.0. The van der Waals surface area contributed by atoms with Crippen molar-refractivity contribution in [3.63, 3.8) is 0 Å². The van der Waals surface area contributed by atoms with Crippen molar-refractivity contribution in [2.75, 3.05) is 11.9 Å². The molecule has 2 N–H and O–H groups in total. The SMILES string of the molecule is CCCCCCCCCCCCCCCCCCNc1c(O)c(=O)c1=O. The first-order chi connectivity index (χ1) is 12.7. The van der Waals surface area contributed by atoms with Crippen molar-refractivity contribution in [1.82, 2.24) is 0 Å². The number of hydrogen-bond donors (Lipinski definition) is 2. The molecule has 4 heteroatoms. The fraction of sp³-hybridized carbons (Fsp3) is 0.818. The summed E-state index contributed by atoms with van der Waals surface area (Å²) < 4.78 is 0. The van der Waals surface area contributed by atoms with E-state index in [1.165, 1.54) is 89.9 Å². The quantitative estimate of drug-likeness (QED) is 0.260. The molecule has 0 saturated carbocycles. The maximum absolute atomic E-state index is 11.1.